The summed E-state index contributed by atoms with van der Waals surface area (Å²) in [5.41, 5.74) is 7.66. The summed E-state index contributed by atoms with van der Waals surface area (Å²) >= 11 is 3.37. The van der Waals surface area contributed by atoms with Crippen LogP contribution in [0.5, 0.6) is 0 Å². The summed E-state index contributed by atoms with van der Waals surface area (Å²) in [6.45, 7) is 0. The first kappa shape index (κ1) is 14.1. The molecule has 1 aliphatic carbocycles. The normalized spacial score (nSPS) is 21.4. The molecule has 3 rings (SSSR count). The topological polar surface area (TPSA) is 67.6 Å². The zero-order valence-electron chi connectivity index (χ0n) is 11.3. The molecule has 6 heteroatoms. The van der Waals surface area contributed by atoms with Crippen molar-refractivity contribution in [2.24, 2.45) is 0 Å². The number of halogens is 2. The van der Waals surface area contributed by atoms with E-state index in [-0.39, 0.29) is 11.9 Å². The van der Waals surface area contributed by atoms with Gasteiger partial charge in [-0.1, -0.05) is 28.1 Å². The lowest BCUT2D eigenvalue weighted by Crippen LogP contribution is -2.18. The van der Waals surface area contributed by atoms with Crippen molar-refractivity contribution in [2.45, 2.75) is 31.5 Å². The van der Waals surface area contributed by atoms with Gasteiger partial charge in [-0.05, 0) is 31.4 Å². The van der Waals surface area contributed by atoms with Crippen LogP contribution in [0.15, 0.2) is 28.7 Å². The first-order chi connectivity index (χ1) is 10.1. The Hall–Kier alpha value is -1.87. The molecule has 1 heterocycles. The average molecular weight is 349 g/mol. The van der Waals surface area contributed by atoms with Crippen molar-refractivity contribution in [1.82, 2.24) is 9.78 Å². The maximum absolute atomic E-state index is 13.9. The summed E-state index contributed by atoms with van der Waals surface area (Å²) in [5.74, 6) is 0.255. The molecule has 21 heavy (non-hydrogen) atoms. The number of aromatic nitrogens is 2. The highest BCUT2D eigenvalue weighted by atomic mass is 79.9. The van der Waals surface area contributed by atoms with Crippen molar-refractivity contribution in [3.05, 3.63) is 34.3 Å². The third-order valence-electron chi connectivity index (χ3n) is 3.89. The van der Waals surface area contributed by atoms with Crippen molar-refractivity contribution in [3.63, 3.8) is 0 Å². The minimum atomic E-state index is -0.948. The van der Waals surface area contributed by atoms with Gasteiger partial charge in [0.2, 0.25) is 0 Å². The minimum absolute atomic E-state index is 0.255. The lowest BCUT2D eigenvalue weighted by molar-refractivity contribution is 0.253. The highest BCUT2D eigenvalue weighted by Crippen LogP contribution is 2.37. The molecule has 1 fully saturated rings. The highest BCUT2D eigenvalue weighted by Gasteiger charge is 2.32. The minimum Gasteiger partial charge on any atom is -0.383 e. The summed E-state index contributed by atoms with van der Waals surface area (Å²) in [6, 6.07) is 9.20. The molecule has 1 saturated carbocycles. The van der Waals surface area contributed by atoms with Crippen LogP contribution >= 0.6 is 15.9 Å². The summed E-state index contributed by atoms with van der Waals surface area (Å²) < 4.78 is 16.4. The number of nitriles is 1. The zero-order chi connectivity index (χ0) is 15.0. The number of nitrogen functional groups attached to an aromatic ring is 1. The Labute approximate surface area is 130 Å². The smallest absolute Gasteiger partial charge is 0.140 e. The third kappa shape index (κ3) is 2.42. The molecule has 1 aromatic heterocycles. The second kappa shape index (κ2) is 5.49. The number of nitrogens with zero attached hydrogens (tertiary/aromatic N) is 3. The van der Waals surface area contributed by atoms with E-state index in [2.05, 4.69) is 27.1 Å². The van der Waals surface area contributed by atoms with Crippen molar-refractivity contribution >= 4 is 21.7 Å². The van der Waals surface area contributed by atoms with E-state index in [1.165, 1.54) is 4.68 Å². The molecule has 2 atom stereocenters. The van der Waals surface area contributed by atoms with E-state index >= 15 is 0 Å². The average Bonchev–Trinajstić information content (AvgIpc) is 3.03. The molecule has 0 saturated heterocycles. The number of hydrogen-bond acceptors (Lipinski definition) is 3. The lowest BCUT2D eigenvalue weighted by atomic mass is 10.1. The molecular formula is C15H14BrFN4. The molecule has 1 aromatic carbocycles. The Kier molecular flexibility index (Phi) is 3.68. The molecular weight excluding hydrogens is 335 g/mol. The first-order valence-electron chi connectivity index (χ1n) is 6.80. The summed E-state index contributed by atoms with van der Waals surface area (Å²) in [7, 11) is 0. The molecule has 108 valence electrons. The predicted octanol–water partition coefficient (Wildman–Crippen LogP) is 3.83. The van der Waals surface area contributed by atoms with Gasteiger partial charge in [-0.3, -0.25) is 0 Å². The quantitative estimate of drug-likeness (QED) is 0.896. The zero-order valence-corrected chi connectivity index (χ0v) is 12.8. The molecule has 2 aromatic rings. The van der Waals surface area contributed by atoms with Gasteiger partial charge in [0, 0.05) is 10.0 Å². The van der Waals surface area contributed by atoms with Crippen LogP contribution in [0.1, 0.15) is 30.9 Å². The number of anilines is 1. The van der Waals surface area contributed by atoms with E-state index in [0.29, 0.717) is 24.1 Å². The van der Waals surface area contributed by atoms with Gasteiger partial charge < -0.3 is 5.73 Å². The SMILES string of the molecule is N#Cc1c(-c2ccc(Br)cc2)nn(C2CCCC2F)c1N. The molecule has 2 N–H and O–H groups in total. The third-order valence-corrected chi connectivity index (χ3v) is 4.42. The Balaban J connectivity index is 2.09. The van der Waals surface area contributed by atoms with E-state index in [1.807, 2.05) is 24.3 Å². The van der Waals surface area contributed by atoms with Gasteiger partial charge in [0.15, 0.2) is 0 Å². The number of rotatable bonds is 2. The van der Waals surface area contributed by atoms with E-state index < -0.39 is 6.17 Å². The Morgan fingerprint density at radius 1 is 1.33 bits per heavy atom. The number of alkyl halides is 1. The molecule has 0 spiro atoms. The number of hydrogen-bond donors (Lipinski definition) is 1. The fourth-order valence-electron chi connectivity index (χ4n) is 2.79. The van der Waals surface area contributed by atoms with Crippen LogP contribution in [-0.4, -0.2) is 16.0 Å². The number of nitrogens with two attached hydrogens (primary N) is 1. The maximum atomic E-state index is 13.9. The molecule has 0 aliphatic heterocycles. The van der Waals surface area contributed by atoms with E-state index in [0.717, 1.165) is 16.5 Å². The van der Waals surface area contributed by atoms with Gasteiger partial charge in [0.25, 0.3) is 0 Å². The van der Waals surface area contributed by atoms with Crippen LogP contribution in [0.2, 0.25) is 0 Å². The van der Waals surface area contributed by atoms with E-state index in [1.54, 1.807) is 0 Å². The summed E-state index contributed by atoms with van der Waals surface area (Å²) in [6.07, 6.45) is 1.11. The van der Waals surface area contributed by atoms with Crippen LogP contribution in [0.4, 0.5) is 10.2 Å². The summed E-state index contributed by atoms with van der Waals surface area (Å²) in [4.78, 5) is 0. The van der Waals surface area contributed by atoms with Crippen LogP contribution in [0.3, 0.4) is 0 Å². The second-order valence-corrected chi connectivity index (χ2v) is 6.10. The van der Waals surface area contributed by atoms with Crippen molar-refractivity contribution in [1.29, 1.82) is 5.26 Å². The summed E-state index contributed by atoms with van der Waals surface area (Å²) in [5, 5.41) is 13.8. The highest BCUT2D eigenvalue weighted by molar-refractivity contribution is 9.10. The van der Waals surface area contributed by atoms with Crippen LogP contribution in [0.25, 0.3) is 11.3 Å². The Bertz CT molecular complexity index is 702. The molecule has 0 radical (unpaired) electrons. The van der Waals surface area contributed by atoms with Crippen LogP contribution in [-0.2, 0) is 0 Å². The lowest BCUT2D eigenvalue weighted by Gasteiger charge is -2.14. The van der Waals surface area contributed by atoms with Gasteiger partial charge in [-0.25, -0.2) is 9.07 Å². The fraction of sp³-hybridized carbons (Fsp3) is 0.333. The van der Waals surface area contributed by atoms with Gasteiger partial charge in [-0.15, -0.1) is 0 Å². The van der Waals surface area contributed by atoms with Crippen molar-refractivity contribution in [2.75, 3.05) is 5.73 Å². The van der Waals surface area contributed by atoms with Gasteiger partial charge >= 0.3 is 0 Å². The van der Waals surface area contributed by atoms with E-state index in [4.69, 9.17) is 5.73 Å². The van der Waals surface area contributed by atoms with Gasteiger partial charge in [0.1, 0.15) is 29.3 Å². The second-order valence-electron chi connectivity index (χ2n) is 5.19. The molecule has 0 bridgehead atoms. The van der Waals surface area contributed by atoms with Crippen molar-refractivity contribution in [3.8, 4) is 17.3 Å². The Morgan fingerprint density at radius 2 is 2.05 bits per heavy atom. The molecule has 0 amide bonds. The van der Waals surface area contributed by atoms with Gasteiger partial charge in [-0.2, -0.15) is 10.4 Å². The molecule has 4 nitrogen and oxygen atoms in total. The Morgan fingerprint density at radius 3 is 2.62 bits per heavy atom. The molecule has 1 aliphatic rings. The predicted molar refractivity (Wildman–Crippen MR) is 82.3 cm³/mol. The van der Waals surface area contributed by atoms with Gasteiger partial charge in [0.05, 0.1) is 6.04 Å². The van der Waals surface area contributed by atoms with Crippen molar-refractivity contribution < 1.29 is 4.39 Å². The number of benzene rings is 1. The van der Waals surface area contributed by atoms with Crippen LogP contribution < -0.4 is 5.73 Å². The van der Waals surface area contributed by atoms with E-state index in [9.17, 15) is 9.65 Å². The maximum Gasteiger partial charge on any atom is 0.140 e. The largest absolute Gasteiger partial charge is 0.383 e. The standard InChI is InChI=1S/C15H14BrFN4/c16-10-6-4-9(5-7-10)14-11(8-18)15(19)21(20-14)13-3-1-2-12(13)17/h4-7,12-13H,1-3,19H2. The molecule has 2 unspecified atom stereocenters. The first-order valence-corrected chi connectivity index (χ1v) is 7.59. The van der Waals surface area contributed by atoms with Crippen LogP contribution in [0, 0.1) is 11.3 Å². The monoisotopic (exact) mass is 348 g/mol. The fourth-order valence-corrected chi connectivity index (χ4v) is 3.06.